The first-order valence-corrected chi connectivity index (χ1v) is 11.9. The van der Waals surface area contributed by atoms with E-state index in [1.54, 1.807) is 23.0 Å². The zero-order valence-electron chi connectivity index (χ0n) is 18.0. The Balaban J connectivity index is 1.45. The minimum Gasteiger partial charge on any atom is -0.368 e. The number of carbonyl (C=O) groups excluding carboxylic acids is 1. The van der Waals surface area contributed by atoms with Crippen LogP contribution < -0.4 is 4.90 Å². The van der Waals surface area contributed by atoms with Gasteiger partial charge < -0.3 is 9.80 Å². The van der Waals surface area contributed by atoms with Crippen LogP contribution in [0.15, 0.2) is 59.7 Å². The molecule has 2 atom stereocenters. The van der Waals surface area contributed by atoms with E-state index in [4.69, 9.17) is 34.8 Å². The van der Waals surface area contributed by atoms with Gasteiger partial charge in [0.25, 0.3) is 0 Å². The Hall–Kier alpha value is -2.54. The number of piperazine rings is 1. The molecule has 6 nitrogen and oxygen atoms in total. The zero-order chi connectivity index (χ0) is 23.1. The van der Waals surface area contributed by atoms with Crippen LogP contribution in [0.25, 0.3) is 0 Å². The number of fused-ring (bicyclic) bond motifs is 1. The smallest absolute Gasteiger partial charge is 0.234 e. The summed E-state index contributed by atoms with van der Waals surface area (Å²) in [7, 11) is 0. The van der Waals surface area contributed by atoms with Crippen LogP contribution in [0.5, 0.6) is 0 Å². The van der Waals surface area contributed by atoms with Crippen molar-refractivity contribution in [2.75, 3.05) is 31.1 Å². The summed E-state index contributed by atoms with van der Waals surface area (Å²) in [5.41, 5.74) is 2.71. The Morgan fingerprint density at radius 1 is 0.939 bits per heavy atom. The third-order valence-corrected chi connectivity index (χ3v) is 7.31. The third kappa shape index (κ3) is 4.12. The van der Waals surface area contributed by atoms with Gasteiger partial charge in [0.15, 0.2) is 5.82 Å². The van der Waals surface area contributed by atoms with E-state index in [2.05, 4.69) is 27.1 Å². The molecular formula is C24H22Cl3N5O. The second-order valence-corrected chi connectivity index (χ2v) is 9.48. The number of benzene rings is 2. The van der Waals surface area contributed by atoms with Gasteiger partial charge >= 0.3 is 0 Å². The molecule has 0 saturated carbocycles. The highest BCUT2D eigenvalue weighted by molar-refractivity contribution is 6.42. The minimum atomic E-state index is -0.519. The summed E-state index contributed by atoms with van der Waals surface area (Å²) in [5, 5.41) is 5.79. The molecule has 170 valence electrons. The molecule has 2 unspecified atom stereocenters. The summed E-state index contributed by atoms with van der Waals surface area (Å²) in [5.74, 6) is 0.0504. The minimum absolute atomic E-state index is 0.0253. The molecule has 1 fully saturated rings. The number of anilines is 1. The first-order valence-electron chi connectivity index (χ1n) is 10.8. The van der Waals surface area contributed by atoms with Gasteiger partial charge in [-0.2, -0.15) is 5.10 Å². The van der Waals surface area contributed by atoms with Crippen molar-refractivity contribution in [3.63, 3.8) is 0 Å². The van der Waals surface area contributed by atoms with Crippen LogP contribution in [0, 0.1) is 5.92 Å². The molecule has 3 heterocycles. The summed E-state index contributed by atoms with van der Waals surface area (Å²) < 4.78 is 1.72. The molecule has 2 aliphatic heterocycles. The molecule has 0 N–H and O–H groups in total. The van der Waals surface area contributed by atoms with E-state index in [0.29, 0.717) is 39.7 Å². The number of halogens is 3. The summed E-state index contributed by atoms with van der Waals surface area (Å²) in [6.07, 6.45) is 1.56. The van der Waals surface area contributed by atoms with Crippen molar-refractivity contribution in [3.8, 4) is 0 Å². The van der Waals surface area contributed by atoms with E-state index in [9.17, 15) is 4.79 Å². The first-order chi connectivity index (χ1) is 15.9. The van der Waals surface area contributed by atoms with Gasteiger partial charge in [-0.15, -0.1) is 0 Å². The number of nitrogens with zero attached hydrogens (tertiary/aromatic N) is 5. The molecule has 1 saturated heterocycles. The highest BCUT2D eigenvalue weighted by atomic mass is 35.5. The Morgan fingerprint density at radius 2 is 1.67 bits per heavy atom. The standard InChI is InChI=1S/C24H22Cl3N5O/c1-15-21(24(33)31-11-9-30(10-12-31)17-5-3-2-4-6-17)22(16-7-8-18(25)19(26)13-16)32-23(29-15)20(27)14-28-32/h2-8,13-14,21-22H,9-12H2,1H3. The lowest BCUT2D eigenvalue weighted by Crippen LogP contribution is -2.53. The highest BCUT2D eigenvalue weighted by Crippen LogP contribution is 2.41. The summed E-state index contributed by atoms with van der Waals surface area (Å²) in [6.45, 7) is 4.70. The lowest BCUT2D eigenvalue weighted by molar-refractivity contribution is -0.134. The molecule has 0 bridgehead atoms. The van der Waals surface area contributed by atoms with Crippen LogP contribution in [-0.4, -0.2) is 52.5 Å². The van der Waals surface area contributed by atoms with E-state index in [-0.39, 0.29) is 5.91 Å². The SMILES string of the molecule is CC1=Nc2c(Cl)cnn2C(c2ccc(Cl)c(Cl)c2)C1C(=O)N1CCN(c2ccccc2)CC1. The highest BCUT2D eigenvalue weighted by Gasteiger charge is 2.41. The van der Waals surface area contributed by atoms with Crippen molar-refractivity contribution in [2.45, 2.75) is 13.0 Å². The second-order valence-electron chi connectivity index (χ2n) is 8.26. The molecule has 0 radical (unpaired) electrons. The Kier molecular flexibility index (Phi) is 6.08. The maximum atomic E-state index is 13.9. The zero-order valence-corrected chi connectivity index (χ0v) is 20.2. The summed E-state index contributed by atoms with van der Waals surface area (Å²) >= 11 is 18.8. The van der Waals surface area contributed by atoms with E-state index in [1.807, 2.05) is 36.1 Å². The van der Waals surface area contributed by atoms with Crippen LogP contribution in [-0.2, 0) is 4.79 Å². The number of aromatic nitrogens is 2. The van der Waals surface area contributed by atoms with E-state index in [0.717, 1.165) is 18.7 Å². The van der Waals surface area contributed by atoms with E-state index < -0.39 is 12.0 Å². The number of hydrogen-bond acceptors (Lipinski definition) is 4. The third-order valence-electron chi connectivity index (χ3n) is 6.30. The van der Waals surface area contributed by atoms with Crippen LogP contribution >= 0.6 is 34.8 Å². The van der Waals surface area contributed by atoms with Crippen molar-refractivity contribution < 1.29 is 4.79 Å². The number of aliphatic imine (C=N–C) groups is 1. The topological polar surface area (TPSA) is 53.7 Å². The molecule has 2 aromatic carbocycles. The van der Waals surface area contributed by atoms with Gasteiger partial charge in [0.05, 0.1) is 22.3 Å². The number of rotatable bonds is 3. The maximum absolute atomic E-state index is 13.9. The van der Waals surface area contributed by atoms with Crippen LogP contribution in [0.3, 0.4) is 0 Å². The van der Waals surface area contributed by atoms with Crippen LogP contribution in [0.4, 0.5) is 11.5 Å². The predicted molar refractivity (Wildman–Crippen MR) is 133 cm³/mol. The van der Waals surface area contributed by atoms with Gasteiger partial charge in [-0.05, 0) is 36.8 Å². The molecular weight excluding hydrogens is 481 g/mol. The number of amides is 1. The molecule has 0 spiro atoms. The quantitative estimate of drug-likeness (QED) is 0.475. The molecule has 0 aliphatic carbocycles. The van der Waals surface area contributed by atoms with Crippen molar-refractivity contribution in [3.05, 3.63) is 75.4 Å². The molecule has 2 aliphatic rings. The van der Waals surface area contributed by atoms with Crippen molar-refractivity contribution in [1.29, 1.82) is 0 Å². The number of para-hydroxylation sites is 1. The van der Waals surface area contributed by atoms with Gasteiger partial charge in [-0.25, -0.2) is 9.67 Å². The van der Waals surface area contributed by atoms with Gasteiger partial charge in [0, 0.05) is 37.6 Å². The normalized spacial score (nSPS) is 20.4. The molecule has 5 rings (SSSR count). The molecule has 3 aromatic rings. The maximum Gasteiger partial charge on any atom is 0.234 e. The average molecular weight is 503 g/mol. The largest absolute Gasteiger partial charge is 0.368 e. The fourth-order valence-electron chi connectivity index (χ4n) is 4.61. The fourth-order valence-corrected chi connectivity index (χ4v) is 5.09. The lowest BCUT2D eigenvalue weighted by atomic mass is 9.87. The fraction of sp³-hybridized carbons (Fsp3) is 0.292. The Labute approximate surface area is 207 Å². The average Bonchev–Trinajstić information content (AvgIpc) is 3.20. The van der Waals surface area contributed by atoms with Gasteiger partial charge in [0.2, 0.25) is 5.91 Å². The molecule has 33 heavy (non-hydrogen) atoms. The first kappa shape index (κ1) is 22.3. The van der Waals surface area contributed by atoms with E-state index >= 15 is 0 Å². The predicted octanol–water partition coefficient (Wildman–Crippen LogP) is 5.50. The van der Waals surface area contributed by atoms with Crippen molar-refractivity contribution in [1.82, 2.24) is 14.7 Å². The van der Waals surface area contributed by atoms with Crippen LogP contribution in [0.1, 0.15) is 18.5 Å². The van der Waals surface area contributed by atoms with Gasteiger partial charge in [-0.1, -0.05) is 59.1 Å². The lowest BCUT2D eigenvalue weighted by Gasteiger charge is -2.40. The van der Waals surface area contributed by atoms with Crippen molar-refractivity contribution in [2.24, 2.45) is 10.9 Å². The van der Waals surface area contributed by atoms with E-state index in [1.165, 1.54) is 5.69 Å². The monoisotopic (exact) mass is 501 g/mol. The molecule has 9 heteroatoms. The Bertz CT molecular complexity index is 1220. The van der Waals surface area contributed by atoms with Gasteiger partial charge in [-0.3, -0.25) is 4.79 Å². The summed E-state index contributed by atoms with van der Waals surface area (Å²) in [4.78, 5) is 22.7. The van der Waals surface area contributed by atoms with Crippen molar-refractivity contribution >= 4 is 57.9 Å². The molecule has 1 amide bonds. The Morgan fingerprint density at radius 3 is 2.36 bits per heavy atom. The second kappa shape index (κ2) is 9.01. The van der Waals surface area contributed by atoms with Gasteiger partial charge in [0.1, 0.15) is 10.9 Å². The number of carbonyl (C=O) groups is 1. The summed E-state index contributed by atoms with van der Waals surface area (Å²) in [6, 6.07) is 15.3. The molecule has 1 aromatic heterocycles. The van der Waals surface area contributed by atoms with Crippen LogP contribution in [0.2, 0.25) is 15.1 Å². The number of hydrogen-bond donors (Lipinski definition) is 0.